The predicted molar refractivity (Wildman–Crippen MR) is 80.8 cm³/mol. The van der Waals surface area contributed by atoms with E-state index in [0.717, 1.165) is 36.1 Å². The zero-order chi connectivity index (χ0) is 13.9. The van der Waals surface area contributed by atoms with Gasteiger partial charge < -0.3 is 10.2 Å². The van der Waals surface area contributed by atoms with Gasteiger partial charge in [-0.25, -0.2) is 0 Å². The third-order valence-electron chi connectivity index (χ3n) is 4.04. The number of likely N-dealkylation sites (N-methyl/N-ethyl adjacent to an activating group) is 1. The zero-order valence-corrected chi connectivity index (χ0v) is 11.6. The van der Waals surface area contributed by atoms with Crippen molar-refractivity contribution in [2.75, 3.05) is 25.0 Å². The quantitative estimate of drug-likeness (QED) is 0.906. The molecule has 0 amide bonds. The predicted octanol–water partition coefficient (Wildman–Crippen LogP) is 2.29. The summed E-state index contributed by atoms with van der Waals surface area (Å²) in [6.45, 7) is 2.06. The van der Waals surface area contributed by atoms with Crippen LogP contribution in [0.25, 0.3) is 10.9 Å². The number of rotatable bonds is 2. The summed E-state index contributed by atoms with van der Waals surface area (Å²) in [5.74, 6) is 0. The van der Waals surface area contributed by atoms with Crippen molar-refractivity contribution in [2.24, 2.45) is 0 Å². The van der Waals surface area contributed by atoms with Crippen LogP contribution in [0.3, 0.4) is 0 Å². The van der Waals surface area contributed by atoms with Gasteiger partial charge in [0.2, 0.25) is 0 Å². The van der Waals surface area contributed by atoms with Gasteiger partial charge in [-0.05, 0) is 25.5 Å². The Morgan fingerprint density at radius 3 is 3.00 bits per heavy atom. The van der Waals surface area contributed by atoms with E-state index in [1.54, 1.807) is 6.20 Å². The summed E-state index contributed by atoms with van der Waals surface area (Å²) in [5.41, 5.74) is 2.60. The van der Waals surface area contributed by atoms with Crippen molar-refractivity contribution in [2.45, 2.75) is 18.9 Å². The first kappa shape index (κ1) is 12.9. The van der Waals surface area contributed by atoms with Gasteiger partial charge >= 0.3 is 0 Å². The molecule has 0 bridgehead atoms. The molecule has 0 radical (unpaired) electrons. The van der Waals surface area contributed by atoms with Gasteiger partial charge in [0.15, 0.2) is 0 Å². The highest BCUT2D eigenvalue weighted by molar-refractivity contribution is 5.94. The fraction of sp³-hybridized carbons (Fsp3) is 0.375. The normalized spacial score (nSPS) is 18.7. The highest BCUT2D eigenvalue weighted by Gasteiger charge is 2.22. The minimum absolute atomic E-state index is 0.432. The number of hydrogen-bond donors (Lipinski definition) is 1. The first-order valence-corrected chi connectivity index (χ1v) is 7.02. The number of fused-ring (bicyclic) bond motifs is 1. The molecule has 4 nitrogen and oxygen atoms in total. The second kappa shape index (κ2) is 5.48. The third-order valence-corrected chi connectivity index (χ3v) is 4.04. The summed E-state index contributed by atoms with van der Waals surface area (Å²) < 4.78 is 0. The van der Waals surface area contributed by atoms with Crippen molar-refractivity contribution >= 4 is 16.6 Å². The number of aromatic nitrogens is 1. The second-order valence-corrected chi connectivity index (χ2v) is 5.26. The van der Waals surface area contributed by atoms with E-state index in [9.17, 15) is 5.26 Å². The van der Waals surface area contributed by atoms with Crippen LogP contribution in [0.2, 0.25) is 0 Å². The molecule has 1 aromatic heterocycles. The van der Waals surface area contributed by atoms with E-state index >= 15 is 0 Å². The third kappa shape index (κ3) is 2.21. The lowest BCUT2D eigenvalue weighted by atomic mass is 10.0. The van der Waals surface area contributed by atoms with Crippen LogP contribution in [0.15, 0.2) is 30.5 Å². The molecule has 2 heterocycles. The lowest BCUT2D eigenvalue weighted by molar-refractivity contribution is 0.445. The Morgan fingerprint density at radius 1 is 1.40 bits per heavy atom. The number of nitriles is 1. The minimum Gasteiger partial charge on any atom is -0.369 e. The second-order valence-electron chi connectivity index (χ2n) is 5.26. The summed E-state index contributed by atoms with van der Waals surface area (Å²) >= 11 is 0. The Kier molecular flexibility index (Phi) is 3.53. The van der Waals surface area contributed by atoms with Gasteiger partial charge in [-0.1, -0.05) is 18.2 Å². The van der Waals surface area contributed by atoms with Crippen LogP contribution < -0.4 is 10.2 Å². The molecular formula is C16H18N4. The van der Waals surface area contributed by atoms with Gasteiger partial charge in [0, 0.05) is 31.2 Å². The summed E-state index contributed by atoms with van der Waals surface area (Å²) in [6.07, 6.45) is 4.02. The Bertz CT molecular complexity index is 653. The maximum atomic E-state index is 9.39. The molecule has 0 spiro atoms. The highest BCUT2D eigenvalue weighted by Crippen LogP contribution is 2.30. The number of nitrogens with one attached hydrogen (secondary N) is 1. The lowest BCUT2D eigenvalue weighted by Crippen LogP contribution is -2.44. The molecule has 102 valence electrons. The van der Waals surface area contributed by atoms with E-state index in [2.05, 4.69) is 28.3 Å². The lowest BCUT2D eigenvalue weighted by Gasteiger charge is -2.34. The Balaban J connectivity index is 2.10. The summed E-state index contributed by atoms with van der Waals surface area (Å²) in [5, 5.41) is 13.9. The van der Waals surface area contributed by atoms with Gasteiger partial charge in [-0.2, -0.15) is 5.26 Å². The molecule has 1 aliphatic rings. The number of pyridine rings is 1. The number of anilines is 1. The molecule has 1 unspecified atom stereocenters. The van der Waals surface area contributed by atoms with Crippen LogP contribution in [-0.2, 0) is 0 Å². The fourth-order valence-corrected chi connectivity index (χ4v) is 2.94. The summed E-state index contributed by atoms with van der Waals surface area (Å²) in [4.78, 5) is 6.62. The van der Waals surface area contributed by atoms with Crippen LogP contribution in [0.5, 0.6) is 0 Å². The van der Waals surface area contributed by atoms with E-state index < -0.39 is 0 Å². The first-order chi connectivity index (χ1) is 9.81. The molecule has 1 aliphatic heterocycles. The highest BCUT2D eigenvalue weighted by atomic mass is 15.2. The van der Waals surface area contributed by atoms with Crippen LogP contribution in [0.4, 0.5) is 5.69 Å². The first-order valence-electron chi connectivity index (χ1n) is 7.02. The number of piperidine rings is 1. The van der Waals surface area contributed by atoms with Gasteiger partial charge in [0.05, 0.1) is 16.8 Å². The average molecular weight is 266 g/mol. The van der Waals surface area contributed by atoms with Crippen molar-refractivity contribution in [1.82, 2.24) is 10.3 Å². The van der Waals surface area contributed by atoms with Gasteiger partial charge in [0.1, 0.15) is 6.07 Å². The smallest absolute Gasteiger partial charge is 0.103 e. The molecule has 0 saturated carbocycles. The average Bonchev–Trinajstić information content (AvgIpc) is 2.54. The van der Waals surface area contributed by atoms with Crippen LogP contribution >= 0.6 is 0 Å². The molecule has 1 N–H and O–H groups in total. The number of para-hydroxylation sites is 1. The van der Waals surface area contributed by atoms with E-state index in [4.69, 9.17) is 0 Å². The molecule has 1 saturated heterocycles. The van der Waals surface area contributed by atoms with E-state index in [1.807, 2.05) is 24.3 Å². The molecule has 1 aromatic carbocycles. The largest absolute Gasteiger partial charge is 0.369 e. The maximum Gasteiger partial charge on any atom is 0.103 e. The van der Waals surface area contributed by atoms with Crippen molar-refractivity contribution in [3.8, 4) is 6.07 Å². The minimum atomic E-state index is 0.432. The molecule has 3 rings (SSSR count). The molecule has 2 aromatic rings. The van der Waals surface area contributed by atoms with Crippen molar-refractivity contribution in [1.29, 1.82) is 5.26 Å². The molecule has 0 aliphatic carbocycles. The zero-order valence-electron chi connectivity index (χ0n) is 11.6. The Hall–Kier alpha value is -2.12. The topological polar surface area (TPSA) is 52.0 Å². The molecule has 4 heteroatoms. The van der Waals surface area contributed by atoms with Crippen LogP contribution in [-0.4, -0.2) is 31.2 Å². The van der Waals surface area contributed by atoms with Crippen molar-refractivity contribution in [3.05, 3.63) is 36.0 Å². The van der Waals surface area contributed by atoms with E-state index in [-0.39, 0.29) is 0 Å². The standard InChI is InChI=1S/C16H18N4/c1-20(13-5-4-8-18-11-13)16-12(9-17)10-19-15-7-3-2-6-14(15)16/h2-3,6-7,10,13,18H,4-5,8,11H2,1H3. The SMILES string of the molecule is CN(c1c(C#N)cnc2ccccc12)C1CCCNC1. The molecule has 20 heavy (non-hydrogen) atoms. The van der Waals surface area contributed by atoms with Gasteiger partial charge in [-0.15, -0.1) is 0 Å². The van der Waals surface area contributed by atoms with Gasteiger partial charge in [-0.3, -0.25) is 4.98 Å². The van der Waals surface area contributed by atoms with Crippen LogP contribution in [0, 0.1) is 11.3 Å². The van der Waals surface area contributed by atoms with E-state index in [0.29, 0.717) is 11.6 Å². The Labute approximate surface area is 119 Å². The van der Waals surface area contributed by atoms with Crippen molar-refractivity contribution in [3.63, 3.8) is 0 Å². The van der Waals surface area contributed by atoms with Crippen LogP contribution in [0.1, 0.15) is 18.4 Å². The summed E-state index contributed by atoms with van der Waals surface area (Å²) in [7, 11) is 2.08. The van der Waals surface area contributed by atoms with Gasteiger partial charge in [0.25, 0.3) is 0 Å². The number of benzene rings is 1. The number of nitrogens with zero attached hydrogens (tertiary/aromatic N) is 3. The van der Waals surface area contributed by atoms with Crippen molar-refractivity contribution < 1.29 is 0 Å². The number of hydrogen-bond acceptors (Lipinski definition) is 4. The molecular weight excluding hydrogens is 248 g/mol. The monoisotopic (exact) mass is 266 g/mol. The molecule has 1 atom stereocenters. The summed E-state index contributed by atoms with van der Waals surface area (Å²) in [6, 6.07) is 10.7. The maximum absolute atomic E-state index is 9.39. The molecule has 1 fully saturated rings. The Morgan fingerprint density at radius 2 is 2.25 bits per heavy atom. The fourth-order valence-electron chi connectivity index (χ4n) is 2.94. The van der Waals surface area contributed by atoms with E-state index in [1.165, 1.54) is 6.42 Å².